The number of hydrogen-bond donors (Lipinski definition) is 0. The lowest BCUT2D eigenvalue weighted by Gasteiger charge is -2.39. The van der Waals surface area contributed by atoms with Gasteiger partial charge in [-0.2, -0.15) is 0 Å². The number of carbonyl (C=O) groups is 1. The van der Waals surface area contributed by atoms with Gasteiger partial charge in [0.2, 0.25) is 5.91 Å². The van der Waals surface area contributed by atoms with Crippen molar-refractivity contribution in [2.45, 2.75) is 13.0 Å². The van der Waals surface area contributed by atoms with Crippen molar-refractivity contribution >= 4 is 34.7 Å². The Labute approximate surface area is 122 Å². The van der Waals surface area contributed by atoms with Crippen LogP contribution in [0.25, 0.3) is 0 Å². The Morgan fingerprint density at radius 3 is 2.55 bits per heavy atom. The van der Waals surface area contributed by atoms with Crippen LogP contribution in [0.15, 0.2) is 42.5 Å². The van der Waals surface area contributed by atoms with Gasteiger partial charge in [-0.25, -0.2) is 4.98 Å². The van der Waals surface area contributed by atoms with Gasteiger partial charge in [0, 0.05) is 12.7 Å². The summed E-state index contributed by atoms with van der Waals surface area (Å²) in [5, 5.41) is 0.416. The molecule has 0 bridgehead atoms. The maximum absolute atomic E-state index is 12.4. The molecule has 1 atom stereocenters. The Balaban J connectivity index is 2.21. The summed E-state index contributed by atoms with van der Waals surface area (Å²) in [6, 6.07) is 12.9. The highest BCUT2D eigenvalue weighted by molar-refractivity contribution is 6.29. The van der Waals surface area contributed by atoms with Crippen molar-refractivity contribution in [1.82, 2.24) is 4.98 Å². The van der Waals surface area contributed by atoms with Gasteiger partial charge < -0.3 is 9.80 Å². The maximum Gasteiger partial charge on any atom is 0.249 e. The van der Waals surface area contributed by atoms with E-state index < -0.39 is 0 Å². The molecule has 5 heteroatoms. The first-order valence-electron chi connectivity index (χ1n) is 6.38. The molecule has 1 aliphatic heterocycles. The first-order chi connectivity index (χ1) is 9.59. The molecule has 1 aliphatic rings. The summed E-state index contributed by atoms with van der Waals surface area (Å²) in [5.41, 5.74) is 1.69. The number of rotatable bonds is 1. The quantitative estimate of drug-likeness (QED) is 0.756. The fourth-order valence-corrected chi connectivity index (χ4v) is 2.63. The number of hydrogen-bond acceptors (Lipinski definition) is 3. The Morgan fingerprint density at radius 1 is 1.15 bits per heavy atom. The third-order valence-corrected chi connectivity index (χ3v) is 3.73. The summed E-state index contributed by atoms with van der Waals surface area (Å²) < 4.78 is 0. The largest absolute Gasteiger partial charge is 0.312 e. The van der Waals surface area contributed by atoms with E-state index in [0.717, 1.165) is 11.4 Å². The number of pyridine rings is 1. The number of fused-ring (bicyclic) bond motifs is 1. The van der Waals surface area contributed by atoms with E-state index in [1.165, 1.54) is 0 Å². The molecule has 20 heavy (non-hydrogen) atoms. The molecule has 0 aliphatic carbocycles. The van der Waals surface area contributed by atoms with Crippen LogP contribution in [0.3, 0.4) is 0 Å². The Hall–Kier alpha value is -2.07. The van der Waals surface area contributed by atoms with E-state index >= 15 is 0 Å². The fraction of sp³-hybridized carbons (Fsp3) is 0.200. The zero-order chi connectivity index (χ0) is 14.3. The number of carbonyl (C=O) groups excluding carboxylic acids is 1. The van der Waals surface area contributed by atoms with Crippen LogP contribution in [-0.4, -0.2) is 24.0 Å². The van der Waals surface area contributed by atoms with E-state index in [4.69, 9.17) is 11.6 Å². The lowest BCUT2D eigenvalue weighted by atomic mass is 10.1. The van der Waals surface area contributed by atoms with Crippen LogP contribution in [-0.2, 0) is 4.79 Å². The standard InChI is InChI=1S/C15H14ClN3O/c1-10-15(20)18(2)12-8-9-13(16)17-14(12)19(10)11-6-4-3-5-7-11/h3-10H,1-2H3. The van der Waals surface area contributed by atoms with Crippen molar-refractivity contribution < 1.29 is 4.79 Å². The van der Waals surface area contributed by atoms with E-state index in [-0.39, 0.29) is 11.9 Å². The lowest BCUT2D eigenvalue weighted by molar-refractivity contribution is -0.119. The summed E-state index contributed by atoms with van der Waals surface area (Å²) in [5.74, 6) is 0.740. The molecule has 3 rings (SSSR count). The number of anilines is 3. The zero-order valence-corrected chi connectivity index (χ0v) is 12.0. The second-order valence-electron chi connectivity index (χ2n) is 4.76. The Bertz CT molecular complexity index is 659. The number of nitrogens with zero attached hydrogens (tertiary/aromatic N) is 3. The monoisotopic (exact) mass is 287 g/mol. The highest BCUT2D eigenvalue weighted by Crippen LogP contribution is 2.39. The third kappa shape index (κ3) is 1.93. The molecule has 0 saturated carbocycles. The van der Waals surface area contributed by atoms with Crippen molar-refractivity contribution in [1.29, 1.82) is 0 Å². The van der Waals surface area contributed by atoms with Crippen LogP contribution in [0.5, 0.6) is 0 Å². The molecule has 2 heterocycles. The van der Waals surface area contributed by atoms with Gasteiger partial charge in [0.1, 0.15) is 11.2 Å². The lowest BCUT2D eigenvalue weighted by Crippen LogP contribution is -2.49. The SMILES string of the molecule is CC1C(=O)N(C)c2ccc(Cl)nc2N1c1ccccc1. The van der Waals surface area contributed by atoms with Gasteiger partial charge in [-0.05, 0) is 31.2 Å². The summed E-state index contributed by atoms with van der Waals surface area (Å²) in [7, 11) is 1.76. The summed E-state index contributed by atoms with van der Waals surface area (Å²) in [4.78, 5) is 20.3. The van der Waals surface area contributed by atoms with Gasteiger partial charge in [0.05, 0.1) is 5.69 Å². The van der Waals surface area contributed by atoms with Crippen molar-refractivity contribution in [2.75, 3.05) is 16.8 Å². The minimum absolute atomic E-state index is 0.0328. The molecule has 0 saturated heterocycles. The van der Waals surface area contributed by atoms with Crippen molar-refractivity contribution in [2.24, 2.45) is 0 Å². The van der Waals surface area contributed by atoms with Crippen LogP contribution in [0, 0.1) is 0 Å². The van der Waals surface area contributed by atoms with E-state index in [1.807, 2.05) is 48.2 Å². The minimum atomic E-state index is -0.319. The second-order valence-corrected chi connectivity index (χ2v) is 5.14. The number of halogens is 1. The number of likely N-dealkylation sites (N-methyl/N-ethyl adjacent to an activating group) is 1. The molecule has 0 radical (unpaired) electrons. The predicted molar refractivity (Wildman–Crippen MR) is 80.7 cm³/mol. The number of para-hydroxylation sites is 1. The molecular weight excluding hydrogens is 274 g/mol. The minimum Gasteiger partial charge on any atom is -0.312 e. The molecule has 1 unspecified atom stereocenters. The van der Waals surface area contributed by atoms with Crippen molar-refractivity contribution in [3.05, 3.63) is 47.6 Å². The fourth-order valence-electron chi connectivity index (χ4n) is 2.48. The topological polar surface area (TPSA) is 36.4 Å². The Morgan fingerprint density at radius 2 is 1.85 bits per heavy atom. The number of amides is 1. The van der Waals surface area contributed by atoms with Crippen LogP contribution in [0.1, 0.15) is 6.92 Å². The normalized spacial score (nSPS) is 18.1. The molecule has 0 spiro atoms. The van der Waals surface area contributed by atoms with Crippen LogP contribution in [0.4, 0.5) is 17.2 Å². The van der Waals surface area contributed by atoms with Gasteiger partial charge in [0.25, 0.3) is 0 Å². The van der Waals surface area contributed by atoms with E-state index in [0.29, 0.717) is 11.0 Å². The first-order valence-corrected chi connectivity index (χ1v) is 6.76. The molecule has 4 nitrogen and oxygen atoms in total. The van der Waals surface area contributed by atoms with Crippen LogP contribution in [0.2, 0.25) is 5.15 Å². The number of aromatic nitrogens is 1. The molecular formula is C15H14ClN3O. The van der Waals surface area contributed by atoms with E-state index in [2.05, 4.69) is 4.98 Å². The van der Waals surface area contributed by atoms with Crippen molar-refractivity contribution in [3.8, 4) is 0 Å². The average Bonchev–Trinajstić information content (AvgIpc) is 2.46. The maximum atomic E-state index is 12.4. The molecule has 1 aromatic heterocycles. The predicted octanol–water partition coefficient (Wildman–Crippen LogP) is 3.24. The average molecular weight is 288 g/mol. The van der Waals surface area contributed by atoms with Gasteiger partial charge in [-0.3, -0.25) is 4.79 Å². The highest BCUT2D eigenvalue weighted by Gasteiger charge is 2.35. The van der Waals surface area contributed by atoms with E-state index in [9.17, 15) is 4.79 Å². The Kier molecular flexibility index (Phi) is 3.10. The smallest absolute Gasteiger partial charge is 0.249 e. The molecule has 102 valence electrons. The molecule has 0 fully saturated rings. The molecule has 0 N–H and O–H groups in total. The van der Waals surface area contributed by atoms with Crippen molar-refractivity contribution in [3.63, 3.8) is 0 Å². The number of benzene rings is 1. The molecule has 1 aromatic carbocycles. The second kappa shape index (κ2) is 4.80. The van der Waals surface area contributed by atoms with Gasteiger partial charge in [-0.1, -0.05) is 29.8 Å². The summed E-state index contributed by atoms with van der Waals surface area (Å²) in [6.07, 6.45) is 0. The molecule has 2 aromatic rings. The first kappa shape index (κ1) is 12.9. The van der Waals surface area contributed by atoms with E-state index in [1.54, 1.807) is 18.0 Å². The van der Waals surface area contributed by atoms with Crippen LogP contribution >= 0.6 is 11.6 Å². The van der Waals surface area contributed by atoms with Gasteiger partial charge >= 0.3 is 0 Å². The van der Waals surface area contributed by atoms with Gasteiger partial charge in [-0.15, -0.1) is 0 Å². The molecule has 1 amide bonds. The van der Waals surface area contributed by atoms with Crippen LogP contribution < -0.4 is 9.80 Å². The highest BCUT2D eigenvalue weighted by atomic mass is 35.5. The summed E-state index contributed by atoms with van der Waals surface area (Å²) in [6.45, 7) is 1.87. The summed E-state index contributed by atoms with van der Waals surface area (Å²) >= 11 is 6.02. The third-order valence-electron chi connectivity index (χ3n) is 3.52. The van der Waals surface area contributed by atoms with Gasteiger partial charge in [0.15, 0.2) is 5.82 Å². The zero-order valence-electron chi connectivity index (χ0n) is 11.2.